The summed E-state index contributed by atoms with van der Waals surface area (Å²) in [5, 5.41) is 0. The van der Waals surface area contributed by atoms with Gasteiger partial charge in [0, 0.05) is 32.6 Å². The third-order valence-electron chi connectivity index (χ3n) is 7.93. The molecule has 3 aromatic carbocycles. The second kappa shape index (κ2) is 7.84. The number of benzene rings is 3. The van der Waals surface area contributed by atoms with Crippen LogP contribution in [0.5, 0.6) is 0 Å². The summed E-state index contributed by atoms with van der Waals surface area (Å²) < 4.78 is 0.928. The van der Waals surface area contributed by atoms with E-state index in [0.717, 1.165) is 21.3 Å². The quantitative estimate of drug-likeness (QED) is 0.349. The van der Waals surface area contributed by atoms with Crippen LogP contribution >= 0.6 is 15.9 Å². The molecule has 1 fully saturated rings. The molecule has 0 amide bonds. The van der Waals surface area contributed by atoms with E-state index in [1.807, 2.05) is 81.5 Å². The summed E-state index contributed by atoms with van der Waals surface area (Å²) in [7, 11) is 0. The minimum Gasteiger partial charge on any atom is -0.352 e. The van der Waals surface area contributed by atoms with Crippen LogP contribution in [-0.4, -0.2) is 29.4 Å². The molecule has 180 valence electrons. The van der Waals surface area contributed by atoms with Crippen LogP contribution in [0.4, 0.5) is 5.69 Å². The summed E-state index contributed by atoms with van der Waals surface area (Å²) in [5.74, 6) is -1.01. The molecule has 2 aliphatic heterocycles. The Morgan fingerprint density at radius 1 is 0.889 bits per heavy atom. The molecule has 2 heterocycles. The van der Waals surface area contributed by atoms with Crippen LogP contribution in [0.15, 0.2) is 83.3 Å². The number of anilines is 1. The minimum absolute atomic E-state index is 0.0129. The van der Waals surface area contributed by atoms with E-state index < -0.39 is 28.8 Å². The molecule has 1 aliphatic carbocycles. The number of rotatable bonds is 2. The number of carbonyl (C=O) groups is 3. The topological polar surface area (TPSA) is 54.5 Å². The highest BCUT2D eigenvalue weighted by atomic mass is 79.9. The number of ketones is 3. The average Bonchev–Trinajstić information content (AvgIpc) is 3.29. The van der Waals surface area contributed by atoms with E-state index >= 15 is 0 Å². The lowest BCUT2D eigenvalue weighted by atomic mass is 9.63. The second-order valence-electron chi connectivity index (χ2n) is 10.9. The highest BCUT2D eigenvalue weighted by molar-refractivity contribution is 9.10. The van der Waals surface area contributed by atoms with Gasteiger partial charge in [-0.1, -0.05) is 103 Å². The van der Waals surface area contributed by atoms with Gasteiger partial charge in [0.25, 0.3) is 0 Å². The Morgan fingerprint density at radius 2 is 1.50 bits per heavy atom. The van der Waals surface area contributed by atoms with Gasteiger partial charge in [0.15, 0.2) is 17.3 Å². The lowest BCUT2D eigenvalue weighted by Crippen LogP contribution is -2.49. The Kier molecular flexibility index (Phi) is 5.03. The standard InChI is InChI=1S/C31H26BrNO3/c1-30(2,3)29(36)26-25(18-9-5-4-6-10-18)31(27(34)21-11-7-8-12-22(21)28(31)35)24-16-13-19-17-20(32)14-15-23(19)33(24)26/h4-17,24-26H,1-3H3/t24?,25-,26+/m0/s1. The van der Waals surface area contributed by atoms with Gasteiger partial charge in [0.2, 0.25) is 0 Å². The average molecular weight is 540 g/mol. The molecule has 0 saturated carbocycles. The molecule has 0 aromatic heterocycles. The number of halogens is 1. The van der Waals surface area contributed by atoms with Crippen LogP contribution in [0.3, 0.4) is 0 Å². The van der Waals surface area contributed by atoms with Crippen molar-refractivity contribution in [1.82, 2.24) is 0 Å². The number of carbonyl (C=O) groups excluding carboxylic acids is 3. The predicted molar refractivity (Wildman–Crippen MR) is 144 cm³/mol. The van der Waals surface area contributed by atoms with Crippen molar-refractivity contribution in [2.24, 2.45) is 10.8 Å². The first-order chi connectivity index (χ1) is 17.2. The summed E-state index contributed by atoms with van der Waals surface area (Å²) in [5.41, 5.74) is 1.43. The molecule has 3 aliphatic rings. The van der Waals surface area contributed by atoms with Crippen LogP contribution in [0.2, 0.25) is 0 Å². The van der Waals surface area contributed by atoms with E-state index in [1.54, 1.807) is 24.3 Å². The molecule has 6 rings (SSSR count). The molecule has 3 aromatic rings. The van der Waals surface area contributed by atoms with Crippen LogP contribution in [0, 0.1) is 10.8 Å². The molecule has 4 nitrogen and oxygen atoms in total. The Labute approximate surface area is 219 Å². The second-order valence-corrected chi connectivity index (χ2v) is 11.9. The molecular weight excluding hydrogens is 514 g/mol. The Morgan fingerprint density at radius 3 is 2.11 bits per heavy atom. The molecule has 0 N–H and O–H groups in total. The Balaban J connectivity index is 1.70. The maximum atomic E-state index is 14.5. The summed E-state index contributed by atoms with van der Waals surface area (Å²) in [4.78, 5) is 45.3. The lowest BCUT2D eigenvalue weighted by molar-refractivity contribution is -0.127. The van der Waals surface area contributed by atoms with Crippen molar-refractivity contribution in [2.45, 2.75) is 38.8 Å². The van der Waals surface area contributed by atoms with Gasteiger partial charge < -0.3 is 4.90 Å². The summed E-state index contributed by atoms with van der Waals surface area (Å²) in [6, 6.07) is 21.4. The number of hydrogen-bond donors (Lipinski definition) is 0. The van der Waals surface area contributed by atoms with E-state index in [0.29, 0.717) is 11.1 Å². The van der Waals surface area contributed by atoms with Crippen LogP contribution in [-0.2, 0) is 4.79 Å². The fourth-order valence-corrected chi connectivity index (χ4v) is 6.80. The van der Waals surface area contributed by atoms with E-state index in [1.165, 1.54) is 0 Å². The van der Waals surface area contributed by atoms with Crippen LogP contribution < -0.4 is 4.90 Å². The van der Waals surface area contributed by atoms with Gasteiger partial charge in [-0.3, -0.25) is 14.4 Å². The van der Waals surface area contributed by atoms with Crippen molar-refractivity contribution in [3.8, 4) is 0 Å². The molecule has 0 radical (unpaired) electrons. The highest BCUT2D eigenvalue weighted by Crippen LogP contribution is 2.61. The third-order valence-corrected chi connectivity index (χ3v) is 8.43. The number of fused-ring (bicyclic) bond motifs is 5. The van der Waals surface area contributed by atoms with Crippen molar-refractivity contribution in [1.29, 1.82) is 0 Å². The first-order valence-corrected chi connectivity index (χ1v) is 13.0. The molecule has 36 heavy (non-hydrogen) atoms. The minimum atomic E-state index is -1.43. The normalized spacial score (nSPS) is 23.6. The molecule has 0 bridgehead atoms. The van der Waals surface area contributed by atoms with E-state index in [9.17, 15) is 14.4 Å². The van der Waals surface area contributed by atoms with Crippen molar-refractivity contribution < 1.29 is 14.4 Å². The zero-order chi connectivity index (χ0) is 25.4. The lowest BCUT2D eigenvalue weighted by Gasteiger charge is -2.38. The largest absolute Gasteiger partial charge is 0.352 e. The first-order valence-electron chi connectivity index (χ1n) is 12.2. The maximum Gasteiger partial charge on any atom is 0.180 e. The molecule has 1 spiro atoms. The molecule has 1 saturated heterocycles. The molecular formula is C31H26BrNO3. The molecule has 5 heteroatoms. The van der Waals surface area contributed by atoms with Gasteiger partial charge >= 0.3 is 0 Å². The number of Topliss-reactive ketones (excluding diaryl/α,β-unsaturated/α-hetero) is 3. The van der Waals surface area contributed by atoms with Gasteiger partial charge in [-0.2, -0.15) is 0 Å². The number of nitrogens with zero attached hydrogens (tertiary/aromatic N) is 1. The van der Waals surface area contributed by atoms with Crippen molar-refractivity contribution in [2.75, 3.05) is 4.90 Å². The summed E-state index contributed by atoms with van der Waals surface area (Å²) >= 11 is 3.56. The van der Waals surface area contributed by atoms with E-state index in [-0.39, 0.29) is 17.3 Å². The fraction of sp³-hybridized carbons (Fsp3) is 0.258. The van der Waals surface area contributed by atoms with Gasteiger partial charge in [-0.25, -0.2) is 0 Å². The molecule has 1 unspecified atom stereocenters. The summed E-state index contributed by atoms with van der Waals surface area (Å²) in [6.45, 7) is 5.73. The first kappa shape index (κ1) is 23.1. The van der Waals surface area contributed by atoms with Crippen LogP contribution in [0.1, 0.15) is 58.5 Å². The molecule has 3 atom stereocenters. The van der Waals surface area contributed by atoms with Crippen molar-refractivity contribution in [3.05, 3.63) is 106 Å². The SMILES string of the molecule is CC(C)(C)C(=O)[C@H]1[C@H](c2ccccc2)C2(C(=O)c3ccccc3C2=O)C2C=Cc3cc(Br)ccc3N21. The van der Waals surface area contributed by atoms with Crippen LogP contribution in [0.25, 0.3) is 6.08 Å². The highest BCUT2D eigenvalue weighted by Gasteiger charge is 2.71. The van der Waals surface area contributed by atoms with Crippen molar-refractivity contribution in [3.63, 3.8) is 0 Å². The van der Waals surface area contributed by atoms with Gasteiger partial charge in [-0.05, 0) is 29.3 Å². The Bertz CT molecular complexity index is 1430. The van der Waals surface area contributed by atoms with Gasteiger partial charge in [0.1, 0.15) is 5.41 Å². The monoisotopic (exact) mass is 539 g/mol. The predicted octanol–water partition coefficient (Wildman–Crippen LogP) is 6.50. The Hall–Kier alpha value is -3.31. The smallest absolute Gasteiger partial charge is 0.180 e. The number of hydrogen-bond acceptors (Lipinski definition) is 4. The zero-order valence-electron chi connectivity index (χ0n) is 20.4. The van der Waals surface area contributed by atoms with E-state index in [2.05, 4.69) is 20.8 Å². The fourth-order valence-electron chi connectivity index (χ4n) is 6.42. The third kappa shape index (κ3) is 2.95. The zero-order valence-corrected chi connectivity index (χ0v) is 22.0. The van der Waals surface area contributed by atoms with E-state index in [4.69, 9.17) is 0 Å². The summed E-state index contributed by atoms with van der Waals surface area (Å²) in [6.07, 6.45) is 3.95. The van der Waals surface area contributed by atoms with Gasteiger partial charge in [0.05, 0.1) is 12.1 Å². The van der Waals surface area contributed by atoms with Crippen molar-refractivity contribution >= 4 is 45.0 Å². The maximum absolute atomic E-state index is 14.5. The van der Waals surface area contributed by atoms with Gasteiger partial charge in [-0.15, -0.1) is 0 Å².